The lowest BCUT2D eigenvalue weighted by Gasteiger charge is -2.25. The number of carbonyl (C=O) groups excluding carboxylic acids is 1. The summed E-state index contributed by atoms with van der Waals surface area (Å²) < 4.78 is 18.8. The van der Waals surface area contributed by atoms with Crippen molar-refractivity contribution in [2.24, 2.45) is 0 Å². The number of esters is 1. The van der Waals surface area contributed by atoms with E-state index in [1.54, 1.807) is 30.3 Å². The Morgan fingerprint density at radius 2 is 1.97 bits per heavy atom. The lowest BCUT2D eigenvalue weighted by molar-refractivity contribution is 0.0500. The van der Waals surface area contributed by atoms with Gasteiger partial charge in [0.25, 0.3) is 0 Å². The van der Waals surface area contributed by atoms with Crippen molar-refractivity contribution < 1.29 is 13.9 Å². The number of aromatic nitrogens is 2. The molecule has 0 aliphatic carbocycles. The molecule has 2 aromatic carbocycles. The summed E-state index contributed by atoms with van der Waals surface area (Å²) in [6, 6.07) is 11.9. The number of halogens is 1. The molecule has 4 rings (SSSR count). The van der Waals surface area contributed by atoms with Gasteiger partial charge < -0.3 is 9.64 Å². The van der Waals surface area contributed by atoms with Crippen LogP contribution in [-0.2, 0) is 4.74 Å². The van der Waals surface area contributed by atoms with Crippen LogP contribution in [-0.4, -0.2) is 35.1 Å². The Hall–Kier alpha value is -3.02. The third kappa shape index (κ3) is 4.13. The molecule has 5 nitrogen and oxygen atoms in total. The molecule has 0 bridgehead atoms. The van der Waals surface area contributed by atoms with E-state index in [9.17, 15) is 9.18 Å². The van der Waals surface area contributed by atoms with Gasteiger partial charge in [0.05, 0.1) is 23.2 Å². The number of ether oxygens (including phenoxy) is 1. The third-order valence-electron chi connectivity index (χ3n) is 5.56. The standard InChI is InChI=1S/C24H26FN3O2/c1-3-4-14-30-24(29)18-9-12-20-21(15-18)27-23(28-13-5-6-16(28)2)22(26-20)17-7-10-19(25)11-8-17/h7-12,15-16H,3-6,13-14H2,1-2H3/t16-/m0/s1. The maximum Gasteiger partial charge on any atom is 0.338 e. The van der Waals surface area contributed by atoms with Gasteiger partial charge in [-0.15, -0.1) is 0 Å². The van der Waals surface area contributed by atoms with Crippen molar-refractivity contribution in [1.82, 2.24) is 9.97 Å². The molecular formula is C24H26FN3O2. The van der Waals surface area contributed by atoms with Gasteiger partial charge in [0.1, 0.15) is 11.5 Å². The van der Waals surface area contributed by atoms with Gasteiger partial charge in [0.15, 0.2) is 5.82 Å². The molecule has 1 saturated heterocycles. The van der Waals surface area contributed by atoms with Crippen molar-refractivity contribution in [2.75, 3.05) is 18.1 Å². The van der Waals surface area contributed by atoms with Crippen LogP contribution in [0.25, 0.3) is 22.3 Å². The highest BCUT2D eigenvalue weighted by molar-refractivity contribution is 5.94. The Kier molecular flexibility index (Phi) is 5.93. The molecule has 1 aliphatic heterocycles. The van der Waals surface area contributed by atoms with Crippen LogP contribution in [0.1, 0.15) is 49.9 Å². The maximum absolute atomic E-state index is 13.5. The van der Waals surface area contributed by atoms with Crippen molar-refractivity contribution in [3.05, 3.63) is 53.8 Å². The molecular weight excluding hydrogens is 381 g/mol. The first-order chi connectivity index (χ1) is 14.6. The zero-order valence-electron chi connectivity index (χ0n) is 17.4. The number of fused-ring (bicyclic) bond motifs is 1. The van der Waals surface area contributed by atoms with Gasteiger partial charge >= 0.3 is 5.97 Å². The number of unbranched alkanes of at least 4 members (excludes halogenated alkanes) is 1. The SMILES string of the molecule is CCCCOC(=O)c1ccc2nc(-c3ccc(F)cc3)c(N3CCC[C@@H]3C)nc2c1. The summed E-state index contributed by atoms with van der Waals surface area (Å²) in [5, 5.41) is 0. The summed E-state index contributed by atoms with van der Waals surface area (Å²) in [6.07, 6.45) is 4.00. The fourth-order valence-corrected chi connectivity index (χ4v) is 3.81. The molecule has 156 valence electrons. The fourth-order valence-electron chi connectivity index (χ4n) is 3.81. The van der Waals surface area contributed by atoms with Crippen LogP contribution in [0.5, 0.6) is 0 Å². The Morgan fingerprint density at radius 1 is 1.17 bits per heavy atom. The molecule has 1 atom stereocenters. The quantitative estimate of drug-likeness (QED) is 0.405. The summed E-state index contributed by atoms with van der Waals surface area (Å²) in [4.78, 5) is 24.4. The Morgan fingerprint density at radius 3 is 2.67 bits per heavy atom. The molecule has 30 heavy (non-hydrogen) atoms. The first-order valence-corrected chi connectivity index (χ1v) is 10.6. The largest absolute Gasteiger partial charge is 0.462 e. The molecule has 1 aliphatic rings. The van der Waals surface area contributed by atoms with E-state index in [1.807, 2.05) is 0 Å². The second kappa shape index (κ2) is 8.78. The van der Waals surface area contributed by atoms with Crippen LogP contribution >= 0.6 is 0 Å². The number of hydrogen-bond donors (Lipinski definition) is 0. The Labute approximate surface area is 175 Å². The molecule has 6 heteroatoms. The van der Waals surface area contributed by atoms with Crippen LogP contribution in [0.3, 0.4) is 0 Å². The number of hydrogen-bond acceptors (Lipinski definition) is 5. The molecule has 2 heterocycles. The van der Waals surface area contributed by atoms with E-state index in [4.69, 9.17) is 14.7 Å². The number of benzene rings is 2. The predicted molar refractivity (Wildman–Crippen MR) is 116 cm³/mol. The Balaban J connectivity index is 1.77. The number of carbonyl (C=O) groups is 1. The minimum atomic E-state index is -0.342. The highest BCUT2D eigenvalue weighted by Gasteiger charge is 2.26. The number of nitrogens with zero attached hydrogens (tertiary/aromatic N) is 3. The minimum absolute atomic E-state index is 0.283. The first-order valence-electron chi connectivity index (χ1n) is 10.6. The van der Waals surface area contributed by atoms with E-state index >= 15 is 0 Å². The zero-order chi connectivity index (χ0) is 21.1. The van der Waals surface area contributed by atoms with Crippen LogP contribution in [0.4, 0.5) is 10.2 Å². The van der Waals surface area contributed by atoms with Crippen LogP contribution in [0.2, 0.25) is 0 Å². The van der Waals surface area contributed by atoms with E-state index < -0.39 is 0 Å². The normalized spacial score (nSPS) is 16.2. The fraction of sp³-hybridized carbons (Fsp3) is 0.375. The van der Waals surface area contributed by atoms with Gasteiger partial charge in [-0.25, -0.2) is 19.2 Å². The van der Waals surface area contributed by atoms with Gasteiger partial charge in [-0.05, 0) is 68.7 Å². The zero-order valence-corrected chi connectivity index (χ0v) is 17.4. The van der Waals surface area contributed by atoms with Crippen LogP contribution in [0.15, 0.2) is 42.5 Å². The molecule has 0 amide bonds. The van der Waals surface area contributed by atoms with Gasteiger partial charge in [-0.1, -0.05) is 13.3 Å². The molecule has 0 saturated carbocycles. The summed E-state index contributed by atoms with van der Waals surface area (Å²) in [5.41, 5.74) is 3.37. The summed E-state index contributed by atoms with van der Waals surface area (Å²) in [5.74, 6) is 0.149. The lowest BCUT2D eigenvalue weighted by Crippen LogP contribution is -2.28. The summed E-state index contributed by atoms with van der Waals surface area (Å²) in [6.45, 7) is 5.54. The van der Waals surface area contributed by atoms with E-state index in [2.05, 4.69) is 18.7 Å². The predicted octanol–water partition coefficient (Wildman–Crippen LogP) is 5.38. The monoisotopic (exact) mass is 407 g/mol. The molecule has 1 aromatic heterocycles. The molecule has 1 fully saturated rings. The highest BCUT2D eigenvalue weighted by Crippen LogP contribution is 2.34. The molecule has 0 spiro atoms. The molecule has 0 radical (unpaired) electrons. The Bertz CT molecular complexity index is 1050. The van der Waals surface area contributed by atoms with E-state index in [0.29, 0.717) is 29.2 Å². The van der Waals surface area contributed by atoms with Crippen molar-refractivity contribution >= 4 is 22.8 Å². The van der Waals surface area contributed by atoms with Crippen LogP contribution in [0, 0.1) is 5.82 Å². The van der Waals surface area contributed by atoms with Gasteiger partial charge in [0.2, 0.25) is 0 Å². The average molecular weight is 407 g/mol. The highest BCUT2D eigenvalue weighted by atomic mass is 19.1. The number of anilines is 1. The van der Waals surface area contributed by atoms with Gasteiger partial charge in [-0.3, -0.25) is 0 Å². The topological polar surface area (TPSA) is 55.3 Å². The minimum Gasteiger partial charge on any atom is -0.462 e. The summed E-state index contributed by atoms with van der Waals surface area (Å²) >= 11 is 0. The van der Waals surface area contributed by atoms with Gasteiger partial charge in [0, 0.05) is 18.2 Å². The van der Waals surface area contributed by atoms with Crippen molar-refractivity contribution in [2.45, 2.75) is 45.6 Å². The van der Waals surface area contributed by atoms with E-state index in [0.717, 1.165) is 49.3 Å². The van der Waals surface area contributed by atoms with Gasteiger partial charge in [-0.2, -0.15) is 0 Å². The second-order valence-corrected chi connectivity index (χ2v) is 7.78. The molecule has 3 aromatic rings. The van der Waals surface area contributed by atoms with Crippen molar-refractivity contribution in [1.29, 1.82) is 0 Å². The van der Waals surface area contributed by atoms with Crippen molar-refractivity contribution in [3.63, 3.8) is 0 Å². The van der Waals surface area contributed by atoms with Crippen molar-refractivity contribution in [3.8, 4) is 11.3 Å². The summed E-state index contributed by atoms with van der Waals surface area (Å²) in [7, 11) is 0. The number of rotatable bonds is 6. The lowest BCUT2D eigenvalue weighted by atomic mass is 10.1. The molecule has 0 N–H and O–H groups in total. The van der Waals surface area contributed by atoms with E-state index in [1.165, 1.54) is 12.1 Å². The van der Waals surface area contributed by atoms with E-state index in [-0.39, 0.29) is 11.8 Å². The van der Waals surface area contributed by atoms with Crippen LogP contribution < -0.4 is 4.90 Å². The molecule has 0 unspecified atom stereocenters. The maximum atomic E-state index is 13.5. The average Bonchev–Trinajstić information content (AvgIpc) is 3.19. The first kappa shape index (κ1) is 20.3. The third-order valence-corrected chi connectivity index (χ3v) is 5.56. The second-order valence-electron chi connectivity index (χ2n) is 7.78. The smallest absolute Gasteiger partial charge is 0.338 e.